The van der Waals surface area contributed by atoms with Gasteiger partial charge in [0.1, 0.15) is 18.3 Å². The maximum Gasteiger partial charge on any atom is 0.336 e. The van der Waals surface area contributed by atoms with Gasteiger partial charge in [-0.2, -0.15) is 0 Å². The van der Waals surface area contributed by atoms with E-state index in [2.05, 4.69) is 5.32 Å². The van der Waals surface area contributed by atoms with E-state index in [0.717, 1.165) is 0 Å². The molecule has 0 amide bonds. The highest BCUT2D eigenvalue weighted by molar-refractivity contribution is 6.12. The van der Waals surface area contributed by atoms with Crippen LogP contribution in [0.3, 0.4) is 0 Å². The Morgan fingerprint density at radius 2 is 1.84 bits per heavy atom. The summed E-state index contributed by atoms with van der Waals surface area (Å²) in [6.07, 6.45) is 0.457. The van der Waals surface area contributed by atoms with E-state index < -0.39 is 23.8 Å². The molecule has 1 aliphatic carbocycles. The molecule has 166 valence electrons. The second-order valence-electron chi connectivity index (χ2n) is 7.76. The number of carbonyl (C=O) groups excluding carboxylic acids is 3. The number of ketones is 1. The fraction of sp³-hybridized carbons (Fsp3) is 0.435. The summed E-state index contributed by atoms with van der Waals surface area (Å²) in [6.45, 7) is 3.89. The lowest BCUT2D eigenvalue weighted by atomic mass is 9.69. The van der Waals surface area contributed by atoms with Crippen molar-refractivity contribution < 1.29 is 33.7 Å². The van der Waals surface area contributed by atoms with Crippen molar-refractivity contribution in [2.45, 2.75) is 26.2 Å². The number of esters is 2. The van der Waals surface area contributed by atoms with Crippen molar-refractivity contribution >= 4 is 17.7 Å². The molecule has 0 bridgehead atoms. The van der Waals surface area contributed by atoms with Crippen molar-refractivity contribution in [2.24, 2.45) is 11.8 Å². The monoisotopic (exact) mass is 429 g/mol. The van der Waals surface area contributed by atoms with Crippen LogP contribution in [0, 0.1) is 11.8 Å². The standard InChI is InChI=1S/C23H27NO7/c1-12-11-16-20(21(26)17(12)22(27)30-4)19(14-5-7-15(25)8-6-14)18(13(2)24-16)23(28)31-10-9-29-3/h5-8,12,17,19,24-25H,9-11H2,1-4H3/t12-,17+,19-/m0/s1. The first-order valence-electron chi connectivity index (χ1n) is 10.1. The first-order chi connectivity index (χ1) is 14.8. The number of benzene rings is 1. The Morgan fingerprint density at radius 1 is 1.16 bits per heavy atom. The van der Waals surface area contributed by atoms with Gasteiger partial charge in [0.15, 0.2) is 5.78 Å². The van der Waals surface area contributed by atoms with Gasteiger partial charge in [-0.1, -0.05) is 19.1 Å². The Morgan fingerprint density at radius 3 is 2.45 bits per heavy atom. The van der Waals surface area contributed by atoms with E-state index in [1.54, 1.807) is 19.1 Å². The minimum absolute atomic E-state index is 0.0628. The van der Waals surface area contributed by atoms with E-state index in [9.17, 15) is 19.5 Å². The number of rotatable bonds is 6. The number of aromatic hydroxyl groups is 1. The first kappa shape index (κ1) is 22.6. The van der Waals surface area contributed by atoms with Gasteiger partial charge in [0.05, 0.1) is 19.3 Å². The van der Waals surface area contributed by atoms with Crippen molar-refractivity contribution in [1.29, 1.82) is 0 Å². The maximum atomic E-state index is 13.5. The van der Waals surface area contributed by atoms with E-state index in [1.807, 2.05) is 6.92 Å². The lowest BCUT2D eigenvalue weighted by Crippen LogP contribution is -2.43. The average molecular weight is 429 g/mol. The van der Waals surface area contributed by atoms with Gasteiger partial charge in [-0.15, -0.1) is 0 Å². The molecule has 1 aliphatic heterocycles. The molecule has 0 spiro atoms. The molecular formula is C23H27NO7. The SMILES string of the molecule is COCCOC(=O)C1=C(C)NC2=C(C(=O)[C@H](C(=O)OC)[C@@H](C)C2)[C@H]1c1ccc(O)cc1. The van der Waals surface area contributed by atoms with Crippen LogP contribution in [0.15, 0.2) is 46.8 Å². The quantitative estimate of drug-likeness (QED) is 0.402. The Labute approximate surface area is 180 Å². The van der Waals surface area contributed by atoms with Crippen molar-refractivity contribution in [3.8, 4) is 5.75 Å². The Bertz CT molecular complexity index is 945. The molecule has 0 unspecified atom stereocenters. The Hall–Kier alpha value is -3.13. The molecular weight excluding hydrogens is 402 g/mol. The largest absolute Gasteiger partial charge is 0.508 e. The number of hydrogen-bond acceptors (Lipinski definition) is 8. The summed E-state index contributed by atoms with van der Waals surface area (Å²) < 4.78 is 15.2. The molecule has 2 aliphatic rings. The molecule has 3 rings (SSSR count). The molecule has 0 radical (unpaired) electrons. The third-order valence-corrected chi connectivity index (χ3v) is 5.71. The number of methoxy groups -OCH3 is 2. The molecule has 31 heavy (non-hydrogen) atoms. The summed E-state index contributed by atoms with van der Waals surface area (Å²) in [7, 11) is 2.76. The van der Waals surface area contributed by atoms with Crippen molar-refractivity contribution in [3.63, 3.8) is 0 Å². The highest BCUT2D eigenvalue weighted by atomic mass is 16.6. The van der Waals surface area contributed by atoms with Crippen LogP contribution in [0.4, 0.5) is 0 Å². The molecule has 1 aromatic carbocycles. The summed E-state index contributed by atoms with van der Waals surface area (Å²) >= 11 is 0. The van der Waals surface area contributed by atoms with Crippen molar-refractivity contribution in [2.75, 3.05) is 27.4 Å². The summed E-state index contributed by atoms with van der Waals surface area (Å²) in [5.41, 5.74) is 2.53. The fourth-order valence-electron chi connectivity index (χ4n) is 4.25. The summed E-state index contributed by atoms with van der Waals surface area (Å²) in [4.78, 5) is 38.9. The molecule has 0 saturated carbocycles. The first-order valence-corrected chi connectivity index (χ1v) is 10.1. The van der Waals surface area contributed by atoms with Crippen LogP contribution in [0.25, 0.3) is 0 Å². The lowest BCUT2D eigenvalue weighted by Gasteiger charge is -2.38. The lowest BCUT2D eigenvalue weighted by molar-refractivity contribution is -0.151. The minimum Gasteiger partial charge on any atom is -0.508 e. The van der Waals surface area contributed by atoms with E-state index in [1.165, 1.54) is 26.4 Å². The number of dihydropyridines is 1. The Kier molecular flexibility index (Phi) is 6.80. The number of ether oxygens (including phenoxy) is 3. The second kappa shape index (κ2) is 9.34. The van der Waals surface area contributed by atoms with E-state index in [0.29, 0.717) is 29.0 Å². The van der Waals surface area contributed by atoms with Crippen LogP contribution in [0.5, 0.6) is 5.75 Å². The summed E-state index contributed by atoms with van der Waals surface area (Å²) in [5.74, 6) is -3.42. The van der Waals surface area contributed by atoms with Crippen molar-refractivity contribution in [3.05, 3.63) is 52.4 Å². The predicted octanol–water partition coefficient (Wildman–Crippen LogP) is 2.19. The number of allylic oxidation sites excluding steroid dienone is 3. The number of phenolic OH excluding ortho intramolecular Hbond substituents is 1. The topological polar surface area (TPSA) is 111 Å². The maximum absolute atomic E-state index is 13.5. The number of nitrogens with one attached hydrogen (secondary N) is 1. The van der Waals surface area contributed by atoms with Crippen LogP contribution >= 0.6 is 0 Å². The molecule has 8 nitrogen and oxygen atoms in total. The molecule has 0 saturated heterocycles. The van der Waals surface area contributed by atoms with Gasteiger partial charge in [0.2, 0.25) is 0 Å². The van der Waals surface area contributed by atoms with Gasteiger partial charge < -0.3 is 24.6 Å². The van der Waals surface area contributed by atoms with Gasteiger partial charge in [0.25, 0.3) is 0 Å². The smallest absolute Gasteiger partial charge is 0.336 e. The van der Waals surface area contributed by atoms with E-state index in [4.69, 9.17) is 14.2 Å². The van der Waals surface area contributed by atoms with E-state index in [-0.39, 0.29) is 36.2 Å². The molecule has 1 heterocycles. The van der Waals surface area contributed by atoms with Gasteiger partial charge in [-0.3, -0.25) is 9.59 Å². The third kappa shape index (κ3) is 4.34. The van der Waals surface area contributed by atoms with E-state index >= 15 is 0 Å². The van der Waals surface area contributed by atoms with Crippen LogP contribution in [0.2, 0.25) is 0 Å². The minimum atomic E-state index is -0.950. The fourth-order valence-corrected chi connectivity index (χ4v) is 4.25. The van der Waals surface area contributed by atoms with Crippen LogP contribution < -0.4 is 5.32 Å². The molecule has 8 heteroatoms. The van der Waals surface area contributed by atoms with Gasteiger partial charge in [-0.25, -0.2) is 4.79 Å². The summed E-state index contributed by atoms with van der Waals surface area (Å²) in [5, 5.41) is 12.9. The Balaban J connectivity index is 2.11. The van der Waals surface area contributed by atoms with Crippen LogP contribution in [-0.2, 0) is 28.6 Å². The second-order valence-corrected chi connectivity index (χ2v) is 7.76. The number of phenols is 1. The van der Waals surface area contributed by atoms with Crippen molar-refractivity contribution in [1.82, 2.24) is 5.32 Å². The zero-order chi connectivity index (χ0) is 22.7. The number of Topliss-reactive ketones (excluding diaryl/α,β-unsaturated/α-hetero) is 1. The van der Waals surface area contributed by atoms with Crippen LogP contribution in [0.1, 0.15) is 31.7 Å². The van der Waals surface area contributed by atoms with Gasteiger partial charge in [-0.05, 0) is 37.0 Å². The number of carbonyl (C=O) groups is 3. The van der Waals surface area contributed by atoms with Gasteiger partial charge in [0, 0.05) is 30.0 Å². The van der Waals surface area contributed by atoms with Crippen LogP contribution in [-0.4, -0.2) is 50.3 Å². The van der Waals surface area contributed by atoms with Gasteiger partial charge >= 0.3 is 11.9 Å². The molecule has 3 atom stereocenters. The zero-order valence-electron chi connectivity index (χ0n) is 18.1. The summed E-state index contributed by atoms with van der Waals surface area (Å²) in [6, 6.07) is 6.30. The normalized spacial score (nSPS) is 23.2. The zero-order valence-corrected chi connectivity index (χ0v) is 18.1. The molecule has 0 fully saturated rings. The average Bonchev–Trinajstić information content (AvgIpc) is 2.73. The predicted molar refractivity (Wildman–Crippen MR) is 111 cm³/mol. The molecule has 1 aromatic rings. The highest BCUT2D eigenvalue weighted by Crippen LogP contribution is 2.45. The third-order valence-electron chi connectivity index (χ3n) is 5.71. The highest BCUT2D eigenvalue weighted by Gasteiger charge is 2.47. The molecule has 2 N–H and O–H groups in total. The molecule has 0 aromatic heterocycles. The number of hydrogen-bond donors (Lipinski definition) is 2.